The molecule has 41 heavy (non-hydrogen) atoms. The Morgan fingerprint density at radius 1 is 1.07 bits per heavy atom. The molecule has 0 aliphatic carbocycles. The third-order valence-electron chi connectivity index (χ3n) is 9.50. The highest BCUT2D eigenvalue weighted by molar-refractivity contribution is 5.95. The smallest absolute Gasteiger partial charge is 0.119 e. The second-order valence-electron chi connectivity index (χ2n) is 12.5. The minimum Gasteiger partial charge on any atom is -0.370 e. The van der Waals surface area contributed by atoms with Crippen molar-refractivity contribution >= 4 is 22.3 Å². The predicted octanol–water partition coefficient (Wildman–Crippen LogP) is 2.62. The molecule has 0 amide bonds. The SMILES string of the molecule is C[C@@H]1CN(c2ccc(C#N)c3ncccc23)C[C@H](CN2CC3(C2)OCc2cc(N4CC5(CNCCO5)C4)ccc23)O1. The summed E-state index contributed by atoms with van der Waals surface area (Å²) in [6.07, 6.45) is 1.96. The van der Waals surface area contributed by atoms with Crippen LogP contribution in [0.2, 0.25) is 0 Å². The Morgan fingerprint density at radius 3 is 2.80 bits per heavy atom. The number of anilines is 2. The molecule has 0 unspecified atom stereocenters. The zero-order valence-corrected chi connectivity index (χ0v) is 23.5. The fourth-order valence-corrected chi connectivity index (χ4v) is 7.60. The van der Waals surface area contributed by atoms with E-state index in [0.717, 1.165) is 82.1 Å². The number of likely N-dealkylation sites (tertiary alicyclic amines) is 1. The van der Waals surface area contributed by atoms with Crippen LogP contribution in [0.4, 0.5) is 11.4 Å². The lowest BCUT2D eigenvalue weighted by Gasteiger charge is -2.53. The highest BCUT2D eigenvalue weighted by Gasteiger charge is 2.51. The van der Waals surface area contributed by atoms with Gasteiger partial charge in [0.1, 0.15) is 17.3 Å². The van der Waals surface area contributed by atoms with Crippen LogP contribution in [0.1, 0.15) is 23.6 Å². The number of pyridine rings is 1. The summed E-state index contributed by atoms with van der Waals surface area (Å²) in [6, 6.07) is 17.1. The zero-order valence-electron chi connectivity index (χ0n) is 23.5. The van der Waals surface area contributed by atoms with Crippen LogP contribution in [0.3, 0.4) is 0 Å². The molecule has 0 radical (unpaired) electrons. The van der Waals surface area contributed by atoms with Gasteiger partial charge in [0.05, 0.1) is 49.6 Å². The molecule has 5 aliphatic rings. The average molecular weight is 553 g/mol. The van der Waals surface area contributed by atoms with Crippen LogP contribution in [0.25, 0.3) is 10.9 Å². The molecule has 0 saturated carbocycles. The summed E-state index contributed by atoms with van der Waals surface area (Å²) in [5.74, 6) is 0. The first-order valence-electron chi connectivity index (χ1n) is 14.8. The molecule has 5 aliphatic heterocycles. The Bertz CT molecular complexity index is 1520. The lowest BCUT2D eigenvalue weighted by atomic mass is 9.84. The predicted molar refractivity (Wildman–Crippen MR) is 156 cm³/mol. The largest absolute Gasteiger partial charge is 0.370 e. The van der Waals surface area contributed by atoms with E-state index in [-0.39, 0.29) is 23.4 Å². The molecule has 4 saturated heterocycles. The average Bonchev–Trinajstić information content (AvgIpc) is 3.34. The van der Waals surface area contributed by atoms with E-state index in [9.17, 15) is 5.26 Å². The van der Waals surface area contributed by atoms with Gasteiger partial charge in [-0.15, -0.1) is 0 Å². The van der Waals surface area contributed by atoms with Crippen LogP contribution < -0.4 is 15.1 Å². The summed E-state index contributed by atoms with van der Waals surface area (Å²) in [5, 5.41) is 14.1. The Balaban J connectivity index is 0.924. The van der Waals surface area contributed by atoms with Crippen molar-refractivity contribution in [3.05, 3.63) is 65.4 Å². The van der Waals surface area contributed by atoms with Gasteiger partial charge in [-0.3, -0.25) is 9.88 Å². The van der Waals surface area contributed by atoms with Gasteiger partial charge in [0.25, 0.3) is 0 Å². The summed E-state index contributed by atoms with van der Waals surface area (Å²) < 4.78 is 19.0. The minimum atomic E-state index is -0.199. The molecule has 212 valence electrons. The number of nitrogens with one attached hydrogen (secondary N) is 1. The summed E-state index contributed by atoms with van der Waals surface area (Å²) in [5.41, 5.74) is 6.23. The standard InChI is InChI=1S/C32H36N6O3/c1-22-13-37(29-7-4-23(12-33)30-27(29)3-2-8-35-30)15-26(41-22)14-36-20-32(21-36)28-6-5-25(11-24(28)16-40-32)38-18-31(19-38)17-34-9-10-39-31/h2-8,11,22,26,34H,9-10,13-21H2,1H3/t22-,26+/m1/s1. The quantitative estimate of drug-likeness (QED) is 0.525. The third-order valence-corrected chi connectivity index (χ3v) is 9.50. The van der Waals surface area contributed by atoms with Gasteiger partial charge in [-0.25, -0.2) is 0 Å². The van der Waals surface area contributed by atoms with Gasteiger partial charge < -0.3 is 29.3 Å². The molecule has 2 atom stereocenters. The number of nitriles is 1. The Morgan fingerprint density at radius 2 is 1.98 bits per heavy atom. The first-order chi connectivity index (χ1) is 20.0. The van der Waals surface area contributed by atoms with E-state index in [2.05, 4.69) is 68.3 Å². The molecule has 3 aromatic rings. The number of rotatable bonds is 4. The molecule has 1 N–H and O–H groups in total. The molecular formula is C32H36N6O3. The maximum absolute atomic E-state index is 9.55. The molecule has 0 bridgehead atoms. The van der Waals surface area contributed by atoms with Crippen molar-refractivity contribution in [3.63, 3.8) is 0 Å². The van der Waals surface area contributed by atoms with Gasteiger partial charge in [-0.1, -0.05) is 6.07 Å². The van der Waals surface area contributed by atoms with E-state index in [0.29, 0.717) is 12.2 Å². The van der Waals surface area contributed by atoms with Gasteiger partial charge in [0.15, 0.2) is 0 Å². The lowest BCUT2D eigenvalue weighted by molar-refractivity contribution is -0.155. The molecule has 9 heteroatoms. The second-order valence-corrected chi connectivity index (χ2v) is 12.5. The molecule has 2 spiro atoms. The number of hydrogen-bond acceptors (Lipinski definition) is 9. The number of nitrogens with zero attached hydrogens (tertiary/aromatic N) is 5. The van der Waals surface area contributed by atoms with E-state index >= 15 is 0 Å². The molecule has 1 aromatic heterocycles. The van der Waals surface area contributed by atoms with E-state index in [1.807, 2.05) is 12.1 Å². The number of fused-ring (bicyclic) bond motifs is 3. The summed E-state index contributed by atoms with van der Waals surface area (Å²) >= 11 is 0. The van der Waals surface area contributed by atoms with Crippen LogP contribution in [0.5, 0.6) is 0 Å². The van der Waals surface area contributed by atoms with Crippen molar-refractivity contribution in [2.75, 3.05) is 75.3 Å². The van der Waals surface area contributed by atoms with Crippen LogP contribution in [-0.4, -0.2) is 93.2 Å². The van der Waals surface area contributed by atoms with E-state index < -0.39 is 0 Å². The maximum Gasteiger partial charge on any atom is 0.119 e. The van der Waals surface area contributed by atoms with E-state index in [1.165, 1.54) is 16.8 Å². The molecule has 8 rings (SSSR count). The minimum absolute atomic E-state index is 0.0121. The number of ether oxygens (including phenoxy) is 3. The lowest BCUT2D eigenvalue weighted by Crippen LogP contribution is -2.70. The van der Waals surface area contributed by atoms with E-state index in [1.54, 1.807) is 6.20 Å². The number of morpholine rings is 2. The van der Waals surface area contributed by atoms with Crippen molar-refractivity contribution in [2.24, 2.45) is 0 Å². The van der Waals surface area contributed by atoms with Crippen LogP contribution in [-0.2, 0) is 26.4 Å². The summed E-state index contributed by atoms with van der Waals surface area (Å²) in [6.45, 7) is 11.7. The van der Waals surface area contributed by atoms with Crippen LogP contribution >= 0.6 is 0 Å². The topological polar surface area (TPSA) is 86.1 Å². The van der Waals surface area contributed by atoms with Crippen LogP contribution in [0, 0.1) is 11.3 Å². The van der Waals surface area contributed by atoms with Gasteiger partial charge in [-0.2, -0.15) is 5.26 Å². The second kappa shape index (κ2) is 9.65. The van der Waals surface area contributed by atoms with Gasteiger partial charge in [0.2, 0.25) is 0 Å². The van der Waals surface area contributed by atoms with Crippen LogP contribution in [0.15, 0.2) is 48.7 Å². The van der Waals surface area contributed by atoms with Crippen molar-refractivity contribution in [1.82, 2.24) is 15.2 Å². The Hall–Kier alpha value is -3.26. The first kappa shape index (κ1) is 25.5. The molecule has 9 nitrogen and oxygen atoms in total. The van der Waals surface area contributed by atoms with Crippen molar-refractivity contribution < 1.29 is 14.2 Å². The van der Waals surface area contributed by atoms with Gasteiger partial charge >= 0.3 is 0 Å². The highest BCUT2D eigenvalue weighted by atomic mass is 16.5. The molecule has 6 heterocycles. The summed E-state index contributed by atoms with van der Waals surface area (Å²) in [7, 11) is 0. The Kier molecular flexibility index (Phi) is 5.99. The molecular weight excluding hydrogens is 516 g/mol. The molecule has 4 fully saturated rings. The van der Waals surface area contributed by atoms with Crippen molar-refractivity contribution in [1.29, 1.82) is 5.26 Å². The molecule has 2 aromatic carbocycles. The normalized spacial score (nSPS) is 26.5. The van der Waals surface area contributed by atoms with Gasteiger partial charge in [0, 0.05) is 68.8 Å². The number of aromatic nitrogens is 1. The first-order valence-corrected chi connectivity index (χ1v) is 14.8. The Labute approximate surface area is 240 Å². The van der Waals surface area contributed by atoms with Crippen molar-refractivity contribution in [2.45, 2.75) is 36.9 Å². The third kappa shape index (κ3) is 4.28. The van der Waals surface area contributed by atoms with Gasteiger partial charge in [-0.05, 0) is 54.4 Å². The number of hydrogen-bond donors (Lipinski definition) is 1. The van der Waals surface area contributed by atoms with Crippen molar-refractivity contribution in [3.8, 4) is 6.07 Å². The monoisotopic (exact) mass is 552 g/mol. The highest BCUT2D eigenvalue weighted by Crippen LogP contribution is 2.45. The maximum atomic E-state index is 9.55. The summed E-state index contributed by atoms with van der Waals surface area (Å²) in [4.78, 5) is 11.8. The zero-order chi connectivity index (χ0) is 27.6. The van der Waals surface area contributed by atoms with E-state index in [4.69, 9.17) is 14.2 Å². The fourth-order valence-electron chi connectivity index (χ4n) is 7.60. The fraction of sp³-hybridized carbons (Fsp3) is 0.500. The number of benzene rings is 2.